The Bertz CT molecular complexity index is 851. The number of hydrogen-bond acceptors (Lipinski definition) is 4. The summed E-state index contributed by atoms with van der Waals surface area (Å²) in [5, 5.41) is 2.26. The highest BCUT2D eigenvalue weighted by atomic mass is 15.6. The van der Waals surface area contributed by atoms with E-state index < -0.39 is 0 Å². The number of benzene rings is 1. The highest BCUT2D eigenvalue weighted by molar-refractivity contribution is 5.81. The summed E-state index contributed by atoms with van der Waals surface area (Å²) in [6.07, 6.45) is 8.57. The van der Waals surface area contributed by atoms with Gasteiger partial charge < -0.3 is 10.3 Å². The van der Waals surface area contributed by atoms with Crippen LogP contribution in [0.25, 0.3) is 5.57 Å². The van der Waals surface area contributed by atoms with Crippen LogP contribution in [-0.2, 0) is 6.42 Å². The van der Waals surface area contributed by atoms with Crippen LogP contribution in [0.2, 0.25) is 0 Å². The third-order valence-corrected chi connectivity index (χ3v) is 5.08. The van der Waals surface area contributed by atoms with E-state index in [0.29, 0.717) is 6.04 Å². The van der Waals surface area contributed by atoms with Crippen LogP contribution in [-0.4, -0.2) is 22.6 Å². The van der Waals surface area contributed by atoms with Gasteiger partial charge in [-0.05, 0) is 55.7 Å². The lowest BCUT2D eigenvalue weighted by molar-refractivity contribution is 0.232. The molecule has 0 unspecified atom stereocenters. The lowest BCUT2D eigenvalue weighted by Gasteiger charge is -2.38. The Labute approximate surface area is 155 Å². The van der Waals surface area contributed by atoms with Crippen LogP contribution in [0.3, 0.4) is 0 Å². The van der Waals surface area contributed by atoms with Crippen molar-refractivity contribution in [2.45, 2.75) is 39.7 Å². The molecule has 1 N–H and O–H groups in total. The molecule has 4 nitrogen and oxygen atoms in total. The maximum absolute atomic E-state index is 4.32. The molecule has 1 atom stereocenters. The maximum Gasteiger partial charge on any atom is 0.0831 e. The quantitative estimate of drug-likeness (QED) is 0.897. The number of nitrogens with zero attached hydrogens (tertiary/aromatic N) is 3. The van der Waals surface area contributed by atoms with E-state index in [4.69, 9.17) is 0 Å². The summed E-state index contributed by atoms with van der Waals surface area (Å²) < 4.78 is 0. The van der Waals surface area contributed by atoms with Gasteiger partial charge in [-0.1, -0.05) is 25.5 Å². The van der Waals surface area contributed by atoms with Crippen LogP contribution < -0.4 is 10.3 Å². The molecule has 0 fully saturated rings. The van der Waals surface area contributed by atoms with E-state index in [9.17, 15) is 0 Å². The van der Waals surface area contributed by atoms with Crippen molar-refractivity contribution in [2.75, 3.05) is 11.4 Å². The minimum absolute atomic E-state index is 0.377. The second kappa shape index (κ2) is 6.87. The molecule has 2 aliphatic heterocycles. The van der Waals surface area contributed by atoms with Gasteiger partial charge >= 0.3 is 0 Å². The van der Waals surface area contributed by atoms with Gasteiger partial charge in [0.1, 0.15) is 0 Å². The zero-order valence-corrected chi connectivity index (χ0v) is 15.7. The molecule has 2 aromatic rings. The Balaban J connectivity index is 1.65. The fourth-order valence-electron chi connectivity index (χ4n) is 3.74. The molecule has 1 aromatic heterocycles. The molecule has 26 heavy (non-hydrogen) atoms. The van der Waals surface area contributed by atoms with Crippen molar-refractivity contribution in [3.05, 3.63) is 77.5 Å². The Morgan fingerprint density at radius 1 is 1.19 bits per heavy atom. The molecule has 2 aliphatic rings. The zero-order chi connectivity index (χ0) is 18.1. The van der Waals surface area contributed by atoms with Crippen LogP contribution in [0, 0.1) is 6.92 Å². The van der Waals surface area contributed by atoms with Gasteiger partial charge in [-0.3, -0.25) is 9.99 Å². The average molecular weight is 346 g/mol. The predicted molar refractivity (Wildman–Crippen MR) is 107 cm³/mol. The molecule has 0 aliphatic carbocycles. The predicted octanol–water partition coefficient (Wildman–Crippen LogP) is 4.25. The van der Waals surface area contributed by atoms with E-state index in [1.807, 2.05) is 13.1 Å². The van der Waals surface area contributed by atoms with E-state index in [1.54, 1.807) is 0 Å². The van der Waals surface area contributed by atoms with Gasteiger partial charge in [-0.25, -0.2) is 0 Å². The number of hydrazine groups is 1. The summed E-state index contributed by atoms with van der Waals surface area (Å²) in [4.78, 5) is 6.69. The summed E-state index contributed by atoms with van der Waals surface area (Å²) in [6, 6.07) is 13.6. The molecule has 3 heterocycles. The van der Waals surface area contributed by atoms with Crippen LogP contribution >= 0.6 is 0 Å². The molecule has 4 heteroatoms. The molecule has 0 spiro atoms. The lowest BCUT2D eigenvalue weighted by Crippen LogP contribution is -2.47. The van der Waals surface area contributed by atoms with Crippen molar-refractivity contribution in [2.24, 2.45) is 0 Å². The first-order valence-corrected chi connectivity index (χ1v) is 9.42. The van der Waals surface area contributed by atoms with E-state index >= 15 is 0 Å². The number of hydrogen-bond donors (Lipinski definition) is 1. The zero-order valence-electron chi connectivity index (χ0n) is 15.7. The van der Waals surface area contributed by atoms with E-state index in [0.717, 1.165) is 18.7 Å². The second-order valence-electron chi connectivity index (χ2n) is 7.18. The third kappa shape index (κ3) is 3.07. The summed E-state index contributed by atoms with van der Waals surface area (Å²) in [6.45, 7) is 7.47. The Morgan fingerprint density at radius 3 is 2.73 bits per heavy atom. The number of rotatable bonds is 4. The summed E-state index contributed by atoms with van der Waals surface area (Å²) in [5.41, 5.74) is 10.8. The Hall–Kier alpha value is -2.75. The number of aryl methyl sites for hydroxylation is 2. The number of aromatic nitrogens is 1. The number of anilines is 1. The fourth-order valence-corrected chi connectivity index (χ4v) is 3.74. The number of nitrogens with one attached hydrogen (secondary N) is 1. The number of allylic oxidation sites excluding steroid dienone is 1. The first-order chi connectivity index (χ1) is 12.7. The number of pyridine rings is 1. The molecule has 0 amide bonds. The SMILES string of the molecule is CCCc1ccc(N2C=C3C(c4ccnc(C)c4)=CNN3[C@@H](C)C2)cc1. The minimum Gasteiger partial charge on any atom is -0.344 e. The van der Waals surface area contributed by atoms with Gasteiger partial charge in [0.15, 0.2) is 0 Å². The van der Waals surface area contributed by atoms with Gasteiger partial charge in [0, 0.05) is 42.1 Å². The normalized spacial score (nSPS) is 19.0. The van der Waals surface area contributed by atoms with E-state index in [2.05, 4.69) is 83.0 Å². The smallest absolute Gasteiger partial charge is 0.0831 e. The first kappa shape index (κ1) is 16.7. The molecule has 0 saturated heterocycles. The van der Waals surface area contributed by atoms with Gasteiger partial charge in [0.25, 0.3) is 0 Å². The van der Waals surface area contributed by atoms with Crippen LogP contribution in [0.15, 0.2) is 60.7 Å². The maximum atomic E-state index is 4.32. The van der Waals surface area contributed by atoms with Crippen LogP contribution in [0.5, 0.6) is 0 Å². The van der Waals surface area contributed by atoms with Crippen LogP contribution in [0.4, 0.5) is 5.69 Å². The average Bonchev–Trinajstić information content (AvgIpc) is 3.07. The van der Waals surface area contributed by atoms with Crippen molar-refractivity contribution in [3.8, 4) is 0 Å². The van der Waals surface area contributed by atoms with Gasteiger partial charge in [-0.15, -0.1) is 0 Å². The van der Waals surface area contributed by atoms with Gasteiger partial charge in [0.05, 0.1) is 11.7 Å². The highest BCUT2D eigenvalue weighted by Gasteiger charge is 2.31. The molecule has 134 valence electrons. The summed E-state index contributed by atoms with van der Waals surface area (Å²) in [5.74, 6) is 0. The Kier molecular flexibility index (Phi) is 4.41. The second-order valence-corrected chi connectivity index (χ2v) is 7.18. The van der Waals surface area contributed by atoms with E-state index in [1.165, 1.54) is 34.5 Å². The van der Waals surface area contributed by atoms with Crippen molar-refractivity contribution in [1.29, 1.82) is 0 Å². The topological polar surface area (TPSA) is 31.4 Å². The summed E-state index contributed by atoms with van der Waals surface area (Å²) >= 11 is 0. The first-order valence-electron chi connectivity index (χ1n) is 9.42. The fraction of sp³-hybridized carbons (Fsp3) is 0.318. The van der Waals surface area contributed by atoms with Crippen molar-refractivity contribution in [3.63, 3.8) is 0 Å². The number of fused-ring (bicyclic) bond motifs is 1. The Morgan fingerprint density at radius 2 is 2.00 bits per heavy atom. The standard InChI is InChI=1S/C22H26N4/c1-4-5-18-6-8-20(9-7-18)25-14-17(3)26-22(15-25)21(13-24-26)19-10-11-23-16(2)12-19/h6-13,15,17,24H,4-5,14H2,1-3H3/t17-/m0/s1. The largest absolute Gasteiger partial charge is 0.344 e. The third-order valence-electron chi connectivity index (χ3n) is 5.08. The highest BCUT2D eigenvalue weighted by Crippen LogP contribution is 2.34. The monoisotopic (exact) mass is 346 g/mol. The van der Waals surface area contributed by atoms with Crippen molar-refractivity contribution < 1.29 is 0 Å². The molecular weight excluding hydrogens is 320 g/mol. The molecular formula is C22H26N4. The van der Waals surface area contributed by atoms with Crippen molar-refractivity contribution in [1.82, 2.24) is 15.4 Å². The molecule has 0 saturated carbocycles. The van der Waals surface area contributed by atoms with Gasteiger partial charge in [0.2, 0.25) is 0 Å². The molecule has 0 bridgehead atoms. The van der Waals surface area contributed by atoms with Crippen LogP contribution in [0.1, 0.15) is 37.1 Å². The molecule has 4 rings (SSSR count). The lowest BCUT2D eigenvalue weighted by atomic mass is 10.0. The summed E-state index contributed by atoms with van der Waals surface area (Å²) in [7, 11) is 0. The molecule has 0 radical (unpaired) electrons. The molecule has 1 aromatic carbocycles. The van der Waals surface area contributed by atoms with E-state index in [-0.39, 0.29) is 0 Å². The minimum atomic E-state index is 0.377. The van der Waals surface area contributed by atoms with Crippen molar-refractivity contribution >= 4 is 11.3 Å². The van der Waals surface area contributed by atoms with Gasteiger partial charge in [-0.2, -0.15) is 0 Å².